The molecule has 3 heterocycles. The maximum atomic E-state index is 6.16. The number of pyridine rings is 2. The standard InChI is InChI=1S/C27H21BN2O/c1-27(2,28)19-8-10-21-16(13-19)11-12-29-25(21)17-7-9-22-23(14-17)31-26-24(22)20-6-4-3-5-18(20)15-30-26/h3-15H,28H2,1-2H3. The third kappa shape index (κ3) is 2.82. The van der Waals surface area contributed by atoms with E-state index in [-0.39, 0.29) is 5.31 Å². The Morgan fingerprint density at radius 3 is 2.52 bits per heavy atom. The van der Waals surface area contributed by atoms with Gasteiger partial charge in [0, 0.05) is 34.1 Å². The van der Waals surface area contributed by atoms with E-state index in [9.17, 15) is 0 Å². The van der Waals surface area contributed by atoms with Crippen LogP contribution in [-0.2, 0) is 5.31 Å². The van der Waals surface area contributed by atoms with Gasteiger partial charge in [-0.2, -0.15) is 0 Å². The number of hydrogen-bond acceptors (Lipinski definition) is 3. The van der Waals surface area contributed by atoms with Crippen LogP contribution in [0.25, 0.3) is 54.9 Å². The molecular weight excluding hydrogens is 379 g/mol. The van der Waals surface area contributed by atoms with Crippen LogP contribution in [0.3, 0.4) is 0 Å². The number of nitrogens with zero attached hydrogens (tertiary/aromatic N) is 2. The maximum Gasteiger partial charge on any atom is 0.227 e. The zero-order chi connectivity index (χ0) is 21.2. The Kier molecular flexibility index (Phi) is 3.76. The molecular formula is C27H21BN2O. The van der Waals surface area contributed by atoms with E-state index in [1.165, 1.54) is 10.9 Å². The molecule has 3 aromatic carbocycles. The lowest BCUT2D eigenvalue weighted by molar-refractivity contribution is 0.655. The van der Waals surface area contributed by atoms with Crippen LogP contribution in [0.1, 0.15) is 19.4 Å². The van der Waals surface area contributed by atoms with Crippen LogP contribution in [-0.4, -0.2) is 17.8 Å². The fraction of sp³-hybridized carbons (Fsp3) is 0.111. The summed E-state index contributed by atoms with van der Waals surface area (Å²) in [4.78, 5) is 9.27. The largest absolute Gasteiger partial charge is 0.438 e. The van der Waals surface area contributed by atoms with Gasteiger partial charge in [0.25, 0.3) is 0 Å². The molecule has 0 N–H and O–H groups in total. The van der Waals surface area contributed by atoms with Crippen LogP contribution >= 0.6 is 0 Å². The van der Waals surface area contributed by atoms with Gasteiger partial charge < -0.3 is 4.42 Å². The first-order chi connectivity index (χ1) is 15.0. The second kappa shape index (κ2) is 6.42. The molecule has 148 valence electrons. The monoisotopic (exact) mass is 400 g/mol. The number of furan rings is 1. The predicted octanol–water partition coefficient (Wildman–Crippen LogP) is 6.22. The van der Waals surface area contributed by atoms with Crippen molar-refractivity contribution in [2.75, 3.05) is 0 Å². The molecule has 0 spiro atoms. The Labute approximate surface area is 181 Å². The van der Waals surface area contributed by atoms with Gasteiger partial charge in [-0.15, -0.1) is 0 Å². The smallest absolute Gasteiger partial charge is 0.227 e. The summed E-state index contributed by atoms with van der Waals surface area (Å²) in [5.74, 6) is 0. The summed E-state index contributed by atoms with van der Waals surface area (Å²) in [7, 11) is 2.24. The van der Waals surface area contributed by atoms with E-state index in [0.29, 0.717) is 5.71 Å². The third-order valence-corrected chi connectivity index (χ3v) is 6.13. The third-order valence-electron chi connectivity index (χ3n) is 6.13. The Morgan fingerprint density at radius 1 is 0.806 bits per heavy atom. The summed E-state index contributed by atoms with van der Waals surface area (Å²) < 4.78 is 6.16. The van der Waals surface area contributed by atoms with Crippen molar-refractivity contribution in [2.24, 2.45) is 0 Å². The molecule has 0 radical (unpaired) electrons. The molecule has 0 unspecified atom stereocenters. The van der Waals surface area contributed by atoms with Crippen LogP contribution in [0.4, 0.5) is 0 Å². The van der Waals surface area contributed by atoms with Crippen LogP contribution in [0, 0.1) is 0 Å². The lowest BCUT2D eigenvalue weighted by atomic mass is 9.67. The van der Waals surface area contributed by atoms with E-state index in [4.69, 9.17) is 9.40 Å². The number of hydrogen-bond donors (Lipinski definition) is 0. The Bertz CT molecular complexity index is 1630. The maximum absolute atomic E-state index is 6.16. The summed E-state index contributed by atoms with van der Waals surface area (Å²) in [6, 6.07) is 23.4. The summed E-state index contributed by atoms with van der Waals surface area (Å²) in [5, 5.41) is 6.90. The molecule has 0 saturated heterocycles. The summed E-state index contributed by atoms with van der Waals surface area (Å²) >= 11 is 0. The van der Waals surface area contributed by atoms with Crippen molar-refractivity contribution in [1.29, 1.82) is 0 Å². The zero-order valence-corrected chi connectivity index (χ0v) is 17.8. The van der Waals surface area contributed by atoms with Gasteiger partial charge >= 0.3 is 0 Å². The molecule has 0 amide bonds. The van der Waals surface area contributed by atoms with Crippen LogP contribution < -0.4 is 0 Å². The van der Waals surface area contributed by atoms with Crippen LogP contribution in [0.2, 0.25) is 0 Å². The molecule has 3 nitrogen and oxygen atoms in total. The minimum absolute atomic E-state index is 0.112. The lowest BCUT2D eigenvalue weighted by Crippen LogP contribution is -2.16. The first-order valence-electron chi connectivity index (χ1n) is 10.6. The van der Waals surface area contributed by atoms with Crippen molar-refractivity contribution in [3.05, 3.63) is 84.7 Å². The number of rotatable bonds is 2. The molecule has 0 aliphatic rings. The van der Waals surface area contributed by atoms with E-state index in [2.05, 4.69) is 87.3 Å². The van der Waals surface area contributed by atoms with Gasteiger partial charge in [-0.3, -0.25) is 4.98 Å². The quantitative estimate of drug-likeness (QED) is 0.324. The zero-order valence-electron chi connectivity index (χ0n) is 17.8. The molecule has 0 aliphatic carbocycles. The fourth-order valence-electron chi connectivity index (χ4n) is 4.42. The minimum Gasteiger partial charge on any atom is -0.438 e. The normalized spacial score (nSPS) is 12.3. The molecule has 6 aromatic rings. The van der Waals surface area contributed by atoms with Crippen LogP contribution in [0.5, 0.6) is 0 Å². The van der Waals surface area contributed by atoms with Gasteiger partial charge in [-0.1, -0.05) is 62.4 Å². The van der Waals surface area contributed by atoms with E-state index in [0.717, 1.165) is 43.8 Å². The summed E-state index contributed by atoms with van der Waals surface area (Å²) in [5.41, 5.74) is 4.85. The first kappa shape index (κ1) is 18.1. The molecule has 4 heteroatoms. The Balaban J connectivity index is 1.57. The lowest BCUT2D eigenvalue weighted by Gasteiger charge is -2.19. The van der Waals surface area contributed by atoms with Gasteiger partial charge in [0.15, 0.2) is 0 Å². The highest BCUT2D eigenvalue weighted by molar-refractivity contribution is 6.18. The van der Waals surface area contributed by atoms with Crippen LogP contribution in [0.15, 0.2) is 83.5 Å². The molecule has 3 aromatic heterocycles. The molecule has 0 atom stereocenters. The molecule has 0 fully saturated rings. The van der Waals surface area contributed by atoms with Crippen molar-refractivity contribution in [3.63, 3.8) is 0 Å². The second-order valence-corrected chi connectivity index (χ2v) is 9.18. The second-order valence-electron chi connectivity index (χ2n) is 9.18. The average molecular weight is 400 g/mol. The van der Waals surface area contributed by atoms with E-state index in [1.54, 1.807) is 0 Å². The van der Waals surface area contributed by atoms with E-state index in [1.807, 2.05) is 18.5 Å². The Morgan fingerprint density at radius 2 is 1.65 bits per heavy atom. The van der Waals surface area contributed by atoms with Gasteiger partial charge in [-0.25, -0.2) is 4.98 Å². The number of fused-ring (bicyclic) bond motifs is 6. The van der Waals surface area contributed by atoms with Gasteiger partial charge in [0.1, 0.15) is 13.4 Å². The highest BCUT2D eigenvalue weighted by Gasteiger charge is 2.16. The fourth-order valence-corrected chi connectivity index (χ4v) is 4.42. The topological polar surface area (TPSA) is 38.9 Å². The van der Waals surface area contributed by atoms with E-state index < -0.39 is 0 Å². The van der Waals surface area contributed by atoms with Gasteiger partial charge in [-0.05, 0) is 39.8 Å². The number of aromatic nitrogens is 2. The van der Waals surface area contributed by atoms with Crippen molar-refractivity contribution in [2.45, 2.75) is 19.2 Å². The van der Waals surface area contributed by atoms with Crippen molar-refractivity contribution >= 4 is 51.5 Å². The minimum atomic E-state index is 0.112. The summed E-state index contributed by atoms with van der Waals surface area (Å²) in [6.45, 7) is 4.48. The molecule has 6 rings (SSSR count). The average Bonchev–Trinajstić information content (AvgIpc) is 3.16. The highest BCUT2D eigenvalue weighted by atomic mass is 16.3. The van der Waals surface area contributed by atoms with Crippen molar-refractivity contribution in [3.8, 4) is 11.3 Å². The number of benzene rings is 3. The first-order valence-corrected chi connectivity index (χ1v) is 10.6. The van der Waals surface area contributed by atoms with Gasteiger partial charge in [0.2, 0.25) is 5.71 Å². The molecule has 0 aliphatic heterocycles. The highest BCUT2D eigenvalue weighted by Crippen LogP contribution is 2.36. The molecule has 31 heavy (non-hydrogen) atoms. The summed E-state index contributed by atoms with van der Waals surface area (Å²) in [6.07, 6.45) is 3.77. The molecule has 0 saturated carbocycles. The van der Waals surface area contributed by atoms with Crippen molar-refractivity contribution < 1.29 is 4.42 Å². The van der Waals surface area contributed by atoms with Gasteiger partial charge in [0.05, 0.1) is 11.1 Å². The predicted molar refractivity (Wildman–Crippen MR) is 131 cm³/mol. The SMILES string of the molecule is BC(C)(C)c1ccc2c(-c3ccc4c(c3)oc3ncc5ccccc5c34)nccc2c1. The van der Waals surface area contributed by atoms with Crippen molar-refractivity contribution in [1.82, 2.24) is 9.97 Å². The van der Waals surface area contributed by atoms with E-state index >= 15 is 0 Å². The molecule has 0 bridgehead atoms. The Hall–Kier alpha value is -3.66.